The molecule has 0 amide bonds. The minimum absolute atomic E-state index is 0.126. The SMILES string of the molecule is Cc1cc(=O)n(Cc2nc(C)cc(Cl)n2)cn1. The Balaban J connectivity index is 2.34. The summed E-state index contributed by atoms with van der Waals surface area (Å²) in [6.45, 7) is 3.87. The molecular formula is C11H11ClN4O. The van der Waals surface area contributed by atoms with E-state index in [2.05, 4.69) is 15.0 Å². The molecule has 0 fully saturated rings. The van der Waals surface area contributed by atoms with Crippen molar-refractivity contribution < 1.29 is 0 Å². The maximum absolute atomic E-state index is 11.6. The monoisotopic (exact) mass is 250 g/mol. The van der Waals surface area contributed by atoms with Gasteiger partial charge in [-0.25, -0.2) is 15.0 Å². The average Bonchev–Trinajstić information content (AvgIpc) is 2.21. The fraction of sp³-hybridized carbons (Fsp3) is 0.273. The summed E-state index contributed by atoms with van der Waals surface area (Å²) in [5.41, 5.74) is 1.33. The summed E-state index contributed by atoms with van der Waals surface area (Å²) in [4.78, 5) is 24.0. The normalized spacial score (nSPS) is 10.5. The summed E-state index contributed by atoms with van der Waals surface area (Å²) in [7, 11) is 0. The number of aryl methyl sites for hydroxylation is 2. The molecule has 17 heavy (non-hydrogen) atoms. The lowest BCUT2D eigenvalue weighted by molar-refractivity contribution is 0.690. The van der Waals surface area contributed by atoms with Crippen LogP contribution in [0.2, 0.25) is 5.15 Å². The van der Waals surface area contributed by atoms with E-state index in [4.69, 9.17) is 11.6 Å². The molecule has 0 saturated heterocycles. The van der Waals surface area contributed by atoms with Gasteiger partial charge in [-0.15, -0.1) is 0 Å². The van der Waals surface area contributed by atoms with E-state index in [0.29, 0.717) is 16.7 Å². The smallest absolute Gasteiger partial charge is 0.253 e. The van der Waals surface area contributed by atoms with Crippen molar-refractivity contribution in [3.63, 3.8) is 0 Å². The topological polar surface area (TPSA) is 60.7 Å². The molecule has 0 radical (unpaired) electrons. The van der Waals surface area contributed by atoms with Crippen molar-refractivity contribution in [2.24, 2.45) is 0 Å². The van der Waals surface area contributed by atoms with E-state index < -0.39 is 0 Å². The Hall–Kier alpha value is -1.75. The van der Waals surface area contributed by atoms with Gasteiger partial charge in [-0.3, -0.25) is 9.36 Å². The highest BCUT2D eigenvalue weighted by atomic mass is 35.5. The molecule has 0 aliphatic rings. The lowest BCUT2D eigenvalue weighted by atomic mass is 10.4. The highest BCUT2D eigenvalue weighted by Gasteiger charge is 2.03. The molecule has 0 aliphatic carbocycles. The van der Waals surface area contributed by atoms with Crippen LogP contribution in [-0.4, -0.2) is 19.5 Å². The van der Waals surface area contributed by atoms with Gasteiger partial charge < -0.3 is 0 Å². The second-order valence-corrected chi connectivity index (χ2v) is 4.13. The molecule has 88 valence electrons. The Kier molecular flexibility index (Phi) is 3.19. The molecule has 2 heterocycles. The molecule has 0 unspecified atom stereocenters. The van der Waals surface area contributed by atoms with Gasteiger partial charge >= 0.3 is 0 Å². The summed E-state index contributed by atoms with van der Waals surface area (Å²) in [5.74, 6) is 0.503. The Morgan fingerprint density at radius 2 is 2.00 bits per heavy atom. The predicted molar refractivity (Wildman–Crippen MR) is 64.1 cm³/mol. The highest BCUT2D eigenvalue weighted by molar-refractivity contribution is 6.29. The number of halogens is 1. The largest absolute Gasteiger partial charge is 0.292 e. The summed E-state index contributed by atoms with van der Waals surface area (Å²) in [5, 5.41) is 0.376. The van der Waals surface area contributed by atoms with Gasteiger partial charge in [0.05, 0.1) is 12.9 Å². The van der Waals surface area contributed by atoms with Gasteiger partial charge in [0.25, 0.3) is 5.56 Å². The summed E-state index contributed by atoms with van der Waals surface area (Å²) in [6, 6.07) is 3.14. The van der Waals surface area contributed by atoms with Crippen LogP contribution in [0.4, 0.5) is 0 Å². The van der Waals surface area contributed by atoms with Crippen molar-refractivity contribution >= 4 is 11.6 Å². The van der Waals surface area contributed by atoms with Crippen LogP contribution in [0.25, 0.3) is 0 Å². The van der Waals surface area contributed by atoms with Crippen molar-refractivity contribution in [1.82, 2.24) is 19.5 Å². The van der Waals surface area contributed by atoms with E-state index in [9.17, 15) is 4.79 Å². The molecule has 0 spiro atoms. The van der Waals surface area contributed by atoms with E-state index in [-0.39, 0.29) is 12.1 Å². The highest BCUT2D eigenvalue weighted by Crippen LogP contribution is 2.06. The molecular weight excluding hydrogens is 240 g/mol. The van der Waals surface area contributed by atoms with E-state index in [1.807, 2.05) is 6.92 Å². The maximum Gasteiger partial charge on any atom is 0.253 e. The second kappa shape index (κ2) is 4.63. The summed E-state index contributed by atoms with van der Waals surface area (Å²) >= 11 is 5.83. The number of rotatable bonds is 2. The third-order valence-electron chi connectivity index (χ3n) is 2.20. The summed E-state index contributed by atoms with van der Waals surface area (Å²) in [6.07, 6.45) is 1.48. The van der Waals surface area contributed by atoms with Gasteiger partial charge in [0.15, 0.2) is 0 Å². The molecule has 2 aromatic rings. The van der Waals surface area contributed by atoms with Gasteiger partial charge in [-0.1, -0.05) is 11.6 Å². The first kappa shape index (κ1) is 11.7. The minimum Gasteiger partial charge on any atom is -0.292 e. The molecule has 2 rings (SSSR count). The summed E-state index contributed by atoms with van der Waals surface area (Å²) < 4.78 is 1.44. The molecule has 0 N–H and O–H groups in total. The zero-order valence-electron chi connectivity index (χ0n) is 9.51. The van der Waals surface area contributed by atoms with Crippen LogP contribution in [0, 0.1) is 13.8 Å². The van der Waals surface area contributed by atoms with Crippen LogP contribution in [-0.2, 0) is 6.54 Å². The van der Waals surface area contributed by atoms with Crippen molar-refractivity contribution in [3.8, 4) is 0 Å². The fourth-order valence-electron chi connectivity index (χ4n) is 1.45. The van der Waals surface area contributed by atoms with Crippen molar-refractivity contribution in [2.75, 3.05) is 0 Å². The third kappa shape index (κ3) is 2.88. The first-order valence-corrected chi connectivity index (χ1v) is 5.45. The molecule has 2 aromatic heterocycles. The molecule has 6 heteroatoms. The van der Waals surface area contributed by atoms with E-state index >= 15 is 0 Å². The molecule has 0 aliphatic heterocycles. The Bertz CT molecular complexity index is 588. The zero-order chi connectivity index (χ0) is 12.4. The molecule has 0 saturated carbocycles. The maximum atomic E-state index is 11.6. The molecule has 0 bridgehead atoms. The van der Waals surface area contributed by atoms with Crippen LogP contribution in [0.5, 0.6) is 0 Å². The first-order chi connectivity index (χ1) is 8.04. The fourth-order valence-corrected chi connectivity index (χ4v) is 1.70. The lowest BCUT2D eigenvalue weighted by Gasteiger charge is -2.05. The predicted octanol–water partition coefficient (Wildman–Crippen LogP) is 1.35. The van der Waals surface area contributed by atoms with Crippen molar-refractivity contribution in [2.45, 2.75) is 20.4 Å². The molecule has 0 atom stereocenters. The van der Waals surface area contributed by atoms with Crippen LogP contribution < -0.4 is 5.56 Å². The number of hydrogen-bond donors (Lipinski definition) is 0. The minimum atomic E-state index is -0.126. The Morgan fingerprint density at radius 1 is 1.24 bits per heavy atom. The third-order valence-corrected chi connectivity index (χ3v) is 2.39. The van der Waals surface area contributed by atoms with Crippen molar-refractivity contribution in [1.29, 1.82) is 0 Å². The van der Waals surface area contributed by atoms with Crippen LogP contribution in [0.15, 0.2) is 23.3 Å². The van der Waals surface area contributed by atoms with Gasteiger partial charge in [-0.05, 0) is 19.9 Å². The number of aromatic nitrogens is 4. The molecule has 5 nitrogen and oxygen atoms in total. The quantitative estimate of drug-likeness (QED) is 0.755. The standard InChI is InChI=1S/C11H11ClN4O/c1-7-4-11(17)16(6-13-7)5-10-14-8(2)3-9(12)15-10/h3-4,6H,5H2,1-2H3. The van der Waals surface area contributed by atoms with E-state index in [0.717, 1.165) is 5.69 Å². The van der Waals surface area contributed by atoms with Crippen LogP contribution >= 0.6 is 11.6 Å². The van der Waals surface area contributed by atoms with Crippen LogP contribution in [0.1, 0.15) is 17.2 Å². The Labute approximate surface area is 103 Å². The van der Waals surface area contributed by atoms with Crippen molar-refractivity contribution in [3.05, 3.63) is 51.2 Å². The lowest BCUT2D eigenvalue weighted by Crippen LogP contribution is -2.21. The van der Waals surface area contributed by atoms with Gasteiger partial charge in [-0.2, -0.15) is 0 Å². The zero-order valence-corrected chi connectivity index (χ0v) is 10.3. The number of nitrogens with zero attached hydrogens (tertiary/aromatic N) is 4. The number of hydrogen-bond acceptors (Lipinski definition) is 4. The van der Waals surface area contributed by atoms with Gasteiger partial charge in [0.2, 0.25) is 0 Å². The van der Waals surface area contributed by atoms with E-state index in [1.54, 1.807) is 13.0 Å². The first-order valence-electron chi connectivity index (χ1n) is 5.08. The average molecular weight is 251 g/mol. The van der Waals surface area contributed by atoms with Crippen LogP contribution in [0.3, 0.4) is 0 Å². The molecule has 0 aromatic carbocycles. The Morgan fingerprint density at radius 3 is 2.65 bits per heavy atom. The van der Waals surface area contributed by atoms with E-state index in [1.165, 1.54) is 17.0 Å². The second-order valence-electron chi connectivity index (χ2n) is 3.74. The van der Waals surface area contributed by atoms with Gasteiger partial charge in [0.1, 0.15) is 11.0 Å². The van der Waals surface area contributed by atoms with Gasteiger partial charge in [0, 0.05) is 17.5 Å².